The molecule has 2 fully saturated rings. The van der Waals surface area contributed by atoms with Crippen molar-refractivity contribution in [3.05, 3.63) is 0 Å². The van der Waals surface area contributed by atoms with Gasteiger partial charge in [-0.2, -0.15) is 0 Å². The maximum absolute atomic E-state index is 10.9. The molecule has 0 aromatic rings. The normalized spacial score (nSPS) is 31.9. The van der Waals surface area contributed by atoms with Gasteiger partial charge in [-0.05, 0) is 6.42 Å². The molecule has 2 aliphatic heterocycles. The lowest BCUT2D eigenvalue weighted by molar-refractivity contribution is -0.137. The standard InChI is InChI=1S/C7H11ClO4S/c8-13(9,10)3-6-7(1-2-12-6)4-11-5-7/h6H,1-5H2. The van der Waals surface area contributed by atoms with Gasteiger partial charge in [0.25, 0.3) is 0 Å². The number of hydrogen-bond donors (Lipinski definition) is 0. The van der Waals surface area contributed by atoms with Crippen LogP contribution in [0, 0.1) is 5.41 Å². The van der Waals surface area contributed by atoms with Crippen LogP contribution in [0.15, 0.2) is 0 Å². The first kappa shape index (κ1) is 9.71. The molecule has 1 spiro atoms. The molecule has 0 aromatic heterocycles. The van der Waals surface area contributed by atoms with Crippen LogP contribution in [-0.2, 0) is 18.5 Å². The first-order valence-electron chi connectivity index (χ1n) is 4.14. The Morgan fingerprint density at radius 3 is 2.62 bits per heavy atom. The third-order valence-corrected chi connectivity index (χ3v) is 3.81. The highest BCUT2D eigenvalue weighted by Gasteiger charge is 2.51. The maximum atomic E-state index is 10.9. The van der Waals surface area contributed by atoms with E-state index >= 15 is 0 Å². The van der Waals surface area contributed by atoms with Gasteiger partial charge in [0.1, 0.15) is 0 Å². The van der Waals surface area contributed by atoms with Gasteiger partial charge in [-0.3, -0.25) is 0 Å². The SMILES string of the molecule is O=S(=O)(Cl)CC1OCCC12COC2. The lowest BCUT2D eigenvalue weighted by Gasteiger charge is -2.41. The minimum atomic E-state index is -3.46. The largest absolute Gasteiger partial charge is 0.380 e. The molecule has 0 saturated carbocycles. The summed E-state index contributed by atoms with van der Waals surface area (Å²) in [5.41, 5.74) is -0.0675. The zero-order valence-corrected chi connectivity index (χ0v) is 8.60. The zero-order valence-electron chi connectivity index (χ0n) is 7.03. The Bertz CT molecular complexity index is 296. The molecule has 0 aliphatic carbocycles. The molecule has 13 heavy (non-hydrogen) atoms. The van der Waals surface area contributed by atoms with Crippen LogP contribution >= 0.6 is 10.7 Å². The van der Waals surface area contributed by atoms with Crippen LogP contribution in [0.25, 0.3) is 0 Å². The van der Waals surface area contributed by atoms with E-state index in [1.54, 1.807) is 0 Å². The van der Waals surface area contributed by atoms with Crippen LogP contribution in [0.5, 0.6) is 0 Å². The zero-order chi connectivity index (χ0) is 9.53. The fourth-order valence-corrected chi connectivity index (χ4v) is 3.00. The van der Waals surface area contributed by atoms with E-state index in [9.17, 15) is 8.42 Å². The average molecular weight is 227 g/mol. The van der Waals surface area contributed by atoms with E-state index in [1.165, 1.54) is 0 Å². The summed E-state index contributed by atoms with van der Waals surface area (Å²) >= 11 is 0. The fourth-order valence-electron chi connectivity index (χ4n) is 1.84. The Morgan fingerprint density at radius 2 is 2.15 bits per heavy atom. The number of ether oxygens (including phenoxy) is 2. The van der Waals surface area contributed by atoms with Crippen LogP contribution in [0.1, 0.15) is 6.42 Å². The summed E-state index contributed by atoms with van der Waals surface area (Å²) in [6.45, 7) is 1.81. The van der Waals surface area contributed by atoms with Crippen molar-refractivity contribution in [2.45, 2.75) is 12.5 Å². The molecule has 76 valence electrons. The van der Waals surface area contributed by atoms with Crippen LogP contribution < -0.4 is 0 Å². The van der Waals surface area contributed by atoms with E-state index in [1.807, 2.05) is 0 Å². The Kier molecular flexibility index (Phi) is 2.30. The Hall–Kier alpha value is 0.160. The first-order chi connectivity index (χ1) is 6.02. The molecule has 1 unspecified atom stereocenters. The van der Waals surface area contributed by atoms with Gasteiger partial charge in [0.2, 0.25) is 9.05 Å². The summed E-state index contributed by atoms with van der Waals surface area (Å²) in [6.07, 6.45) is 0.605. The minimum Gasteiger partial charge on any atom is -0.380 e. The van der Waals surface area contributed by atoms with Crippen LogP contribution in [-0.4, -0.2) is 40.1 Å². The van der Waals surface area contributed by atoms with E-state index in [-0.39, 0.29) is 17.3 Å². The molecule has 2 rings (SSSR count). The van der Waals surface area contributed by atoms with Gasteiger partial charge in [0, 0.05) is 22.7 Å². The molecule has 1 atom stereocenters. The molecular weight excluding hydrogens is 216 g/mol. The molecule has 2 saturated heterocycles. The fraction of sp³-hybridized carbons (Fsp3) is 1.00. The second-order valence-corrected chi connectivity index (χ2v) is 6.49. The third-order valence-electron chi connectivity index (χ3n) is 2.73. The average Bonchev–Trinajstić information content (AvgIpc) is 2.25. The predicted molar refractivity (Wildman–Crippen MR) is 47.2 cm³/mol. The lowest BCUT2D eigenvalue weighted by atomic mass is 9.80. The predicted octanol–water partition coefficient (Wildman–Crippen LogP) is 0.361. The summed E-state index contributed by atoms with van der Waals surface area (Å²) in [6, 6.07) is 0. The second-order valence-electron chi connectivity index (χ2n) is 3.67. The van der Waals surface area contributed by atoms with Gasteiger partial charge < -0.3 is 9.47 Å². The smallest absolute Gasteiger partial charge is 0.235 e. The van der Waals surface area contributed by atoms with Gasteiger partial charge in [-0.1, -0.05) is 0 Å². The van der Waals surface area contributed by atoms with E-state index in [0.29, 0.717) is 19.8 Å². The van der Waals surface area contributed by atoms with Crippen LogP contribution in [0.2, 0.25) is 0 Å². The van der Waals surface area contributed by atoms with E-state index in [0.717, 1.165) is 6.42 Å². The number of rotatable bonds is 2. The van der Waals surface area contributed by atoms with Crippen molar-refractivity contribution in [2.24, 2.45) is 5.41 Å². The quantitative estimate of drug-likeness (QED) is 0.638. The van der Waals surface area contributed by atoms with E-state index < -0.39 is 9.05 Å². The van der Waals surface area contributed by atoms with Crippen molar-refractivity contribution >= 4 is 19.7 Å². The molecule has 0 bridgehead atoms. The summed E-state index contributed by atoms with van der Waals surface area (Å²) in [4.78, 5) is 0. The van der Waals surface area contributed by atoms with E-state index in [2.05, 4.69) is 0 Å². The molecular formula is C7H11ClO4S. The van der Waals surface area contributed by atoms with Gasteiger partial charge in [-0.15, -0.1) is 0 Å². The summed E-state index contributed by atoms with van der Waals surface area (Å²) in [7, 11) is 1.71. The molecule has 0 N–H and O–H groups in total. The van der Waals surface area contributed by atoms with Gasteiger partial charge in [-0.25, -0.2) is 8.42 Å². The maximum Gasteiger partial charge on any atom is 0.235 e. The highest BCUT2D eigenvalue weighted by molar-refractivity contribution is 8.13. The number of hydrogen-bond acceptors (Lipinski definition) is 4. The van der Waals surface area contributed by atoms with E-state index in [4.69, 9.17) is 20.2 Å². The van der Waals surface area contributed by atoms with Crippen molar-refractivity contribution in [2.75, 3.05) is 25.6 Å². The highest BCUT2D eigenvalue weighted by Crippen LogP contribution is 2.42. The monoisotopic (exact) mass is 226 g/mol. The van der Waals surface area contributed by atoms with Crippen molar-refractivity contribution in [3.63, 3.8) is 0 Å². The van der Waals surface area contributed by atoms with Gasteiger partial charge in [0.15, 0.2) is 0 Å². The van der Waals surface area contributed by atoms with Crippen molar-refractivity contribution in [3.8, 4) is 0 Å². The molecule has 0 aromatic carbocycles. The minimum absolute atomic E-state index is 0.0675. The summed E-state index contributed by atoms with van der Waals surface area (Å²) in [5, 5.41) is 0. The highest BCUT2D eigenvalue weighted by atomic mass is 35.7. The summed E-state index contributed by atoms with van der Waals surface area (Å²) < 4.78 is 32.1. The molecule has 6 heteroatoms. The third kappa shape index (κ3) is 1.83. The molecule has 2 aliphatic rings. The summed E-state index contributed by atoms with van der Waals surface area (Å²) in [5.74, 6) is -0.0993. The van der Waals surface area contributed by atoms with Crippen LogP contribution in [0.4, 0.5) is 0 Å². The van der Waals surface area contributed by atoms with Crippen LogP contribution in [0.3, 0.4) is 0 Å². The lowest BCUT2D eigenvalue weighted by Crippen LogP contribution is -2.50. The molecule has 2 heterocycles. The van der Waals surface area contributed by atoms with Gasteiger partial charge >= 0.3 is 0 Å². The Morgan fingerprint density at radius 1 is 1.46 bits per heavy atom. The van der Waals surface area contributed by atoms with Crippen molar-refractivity contribution < 1.29 is 17.9 Å². The van der Waals surface area contributed by atoms with Crippen molar-refractivity contribution in [1.29, 1.82) is 0 Å². The second kappa shape index (κ2) is 3.08. The van der Waals surface area contributed by atoms with Crippen molar-refractivity contribution in [1.82, 2.24) is 0 Å². The molecule has 0 radical (unpaired) electrons. The Labute approximate surface area is 81.6 Å². The number of halogens is 1. The molecule has 0 amide bonds. The molecule has 4 nitrogen and oxygen atoms in total. The topological polar surface area (TPSA) is 52.6 Å². The van der Waals surface area contributed by atoms with Gasteiger partial charge in [0.05, 0.1) is 25.1 Å². The first-order valence-corrected chi connectivity index (χ1v) is 6.61. The Balaban J connectivity index is 2.06.